The number of nitrogens with one attached hydrogen (secondary N) is 1. The maximum absolute atomic E-state index is 12.4. The van der Waals surface area contributed by atoms with Crippen molar-refractivity contribution in [2.24, 2.45) is 0 Å². The summed E-state index contributed by atoms with van der Waals surface area (Å²) in [7, 11) is 0. The smallest absolute Gasteiger partial charge is 0.265 e. The second-order valence-corrected chi connectivity index (χ2v) is 5.68. The minimum atomic E-state index is -0.442. The molecule has 0 saturated carbocycles. The molecule has 3 nitrogen and oxygen atoms in total. The van der Waals surface area contributed by atoms with E-state index in [9.17, 15) is 4.79 Å². The van der Waals surface area contributed by atoms with Gasteiger partial charge >= 0.3 is 0 Å². The number of carbonyl (C=O) groups is 1. The van der Waals surface area contributed by atoms with Crippen LogP contribution in [0.2, 0.25) is 0 Å². The molecular formula is C18H19NO2. The molecule has 1 aliphatic rings. The highest BCUT2D eigenvalue weighted by Gasteiger charge is 2.29. The van der Waals surface area contributed by atoms with Crippen molar-refractivity contribution in [3.05, 3.63) is 58.7 Å². The summed E-state index contributed by atoms with van der Waals surface area (Å²) in [5.74, 6) is 0.733. The number of aryl methyl sites for hydroxylation is 3. The SMILES string of the molecule is Cc1cc(C)c(NC(=O)[C@H]2Cc3ccccc3O2)c(C)c1. The summed E-state index contributed by atoms with van der Waals surface area (Å²) >= 11 is 0. The number of anilines is 1. The topological polar surface area (TPSA) is 38.3 Å². The number of benzene rings is 2. The van der Waals surface area contributed by atoms with E-state index in [2.05, 4.69) is 24.4 Å². The number of carbonyl (C=O) groups excluding carboxylic acids is 1. The van der Waals surface area contributed by atoms with Crippen LogP contribution in [-0.4, -0.2) is 12.0 Å². The summed E-state index contributed by atoms with van der Waals surface area (Å²) in [6, 6.07) is 12.0. The van der Waals surface area contributed by atoms with Gasteiger partial charge < -0.3 is 10.1 Å². The summed E-state index contributed by atoms with van der Waals surface area (Å²) in [5, 5.41) is 3.02. The van der Waals surface area contributed by atoms with Crippen LogP contribution in [0.15, 0.2) is 36.4 Å². The lowest BCUT2D eigenvalue weighted by atomic mass is 10.0. The molecule has 0 fully saturated rings. The van der Waals surface area contributed by atoms with E-state index in [0.717, 1.165) is 28.1 Å². The number of amides is 1. The third kappa shape index (κ3) is 2.64. The molecule has 1 atom stereocenters. The first-order chi connectivity index (χ1) is 10.0. The van der Waals surface area contributed by atoms with Gasteiger partial charge in [0.2, 0.25) is 0 Å². The molecule has 0 aliphatic carbocycles. The van der Waals surface area contributed by atoms with E-state index in [0.29, 0.717) is 6.42 Å². The second-order valence-electron chi connectivity index (χ2n) is 5.68. The van der Waals surface area contributed by atoms with E-state index < -0.39 is 6.10 Å². The van der Waals surface area contributed by atoms with Gasteiger partial charge in [-0.25, -0.2) is 0 Å². The van der Waals surface area contributed by atoms with Crippen molar-refractivity contribution >= 4 is 11.6 Å². The first kappa shape index (κ1) is 13.7. The zero-order valence-electron chi connectivity index (χ0n) is 12.6. The van der Waals surface area contributed by atoms with Gasteiger partial charge in [-0.15, -0.1) is 0 Å². The Labute approximate surface area is 124 Å². The van der Waals surface area contributed by atoms with E-state index in [1.165, 1.54) is 5.56 Å². The monoisotopic (exact) mass is 281 g/mol. The van der Waals surface area contributed by atoms with Gasteiger partial charge in [0, 0.05) is 12.1 Å². The van der Waals surface area contributed by atoms with Gasteiger partial charge in [0.1, 0.15) is 5.75 Å². The Morgan fingerprint density at radius 2 is 1.81 bits per heavy atom. The Morgan fingerprint density at radius 1 is 1.14 bits per heavy atom. The highest BCUT2D eigenvalue weighted by molar-refractivity contribution is 5.96. The zero-order valence-corrected chi connectivity index (χ0v) is 12.6. The Kier molecular flexibility index (Phi) is 3.42. The summed E-state index contributed by atoms with van der Waals surface area (Å²) in [6.07, 6.45) is 0.189. The number of hydrogen-bond donors (Lipinski definition) is 1. The van der Waals surface area contributed by atoms with Crippen LogP contribution in [0.4, 0.5) is 5.69 Å². The number of rotatable bonds is 2. The van der Waals surface area contributed by atoms with E-state index in [1.54, 1.807) is 0 Å². The predicted molar refractivity (Wildman–Crippen MR) is 83.8 cm³/mol. The van der Waals surface area contributed by atoms with Gasteiger partial charge in [0.05, 0.1) is 0 Å². The molecule has 3 rings (SSSR count). The Morgan fingerprint density at radius 3 is 2.48 bits per heavy atom. The van der Waals surface area contributed by atoms with E-state index in [1.807, 2.05) is 38.1 Å². The molecule has 3 heteroatoms. The van der Waals surface area contributed by atoms with Crippen LogP contribution >= 0.6 is 0 Å². The molecule has 108 valence electrons. The highest BCUT2D eigenvalue weighted by Crippen LogP contribution is 2.29. The van der Waals surface area contributed by atoms with Crippen LogP contribution in [0.25, 0.3) is 0 Å². The zero-order chi connectivity index (χ0) is 15.0. The Bertz CT molecular complexity index is 658. The number of ether oxygens (including phenoxy) is 1. The van der Waals surface area contributed by atoms with Crippen molar-refractivity contribution in [3.8, 4) is 5.75 Å². The molecule has 0 radical (unpaired) electrons. The van der Waals surface area contributed by atoms with Crippen LogP contribution in [0.3, 0.4) is 0 Å². The van der Waals surface area contributed by atoms with Crippen molar-refractivity contribution in [1.29, 1.82) is 0 Å². The lowest BCUT2D eigenvalue weighted by molar-refractivity contribution is -0.122. The first-order valence-corrected chi connectivity index (χ1v) is 7.18. The number of para-hydroxylation sites is 1. The van der Waals surface area contributed by atoms with E-state index in [4.69, 9.17) is 4.74 Å². The maximum atomic E-state index is 12.4. The highest BCUT2D eigenvalue weighted by atomic mass is 16.5. The van der Waals surface area contributed by atoms with E-state index >= 15 is 0 Å². The van der Waals surface area contributed by atoms with Crippen LogP contribution in [-0.2, 0) is 11.2 Å². The molecule has 21 heavy (non-hydrogen) atoms. The third-order valence-electron chi connectivity index (χ3n) is 3.86. The standard InChI is InChI=1S/C18H19NO2/c1-11-8-12(2)17(13(3)9-11)19-18(20)16-10-14-6-4-5-7-15(14)21-16/h4-9,16H,10H2,1-3H3,(H,19,20)/t16-/m1/s1. The first-order valence-electron chi connectivity index (χ1n) is 7.18. The molecule has 1 amide bonds. The molecule has 0 aromatic heterocycles. The normalized spacial score (nSPS) is 16.2. The molecule has 0 saturated heterocycles. The second kappa shape index (κ2) is 5.24. The van der Waals surface area contributed by atoms with Gasteiger partial charge in [-0.2, -0.15) is 0 Å². The molecule has 0 spiro atoms. The number of hydrogen-bond acceptors (Lipinski definition) is 2. The quantitative estimate of drug-likeness (QED) is 0.914. The van der Waals surface area contributed by atoms with Gasteiger partial charge in [0.25, 0.3) is 5.91 Å². The minimum absolute atomic E-state index is 0.0822. The van der Waals surface area contributed by atoms with Gasteiger partial charge in [-0.05, 0) is 43.5 Å². The average molecular weight is 281 g/mol. The summed E-state index contributed by atoms with van der Waals surface area (Å²) < 4.78 is 5.73. The van der Waals surface area contributed by atoms with Gasteiger partial charge in [0.15, 0.2) is 6.10 Å². The number of fused-ring (bicyclic) bond motifs is 1. The molecule has 0 bridgehead atoms. The Hall–Kier alpha value is -2.29. The molecular weight excluding hydrogens is 262 g/mol. The van der Waals surface area contributed by atoms with Crippen molar-refractivity contribution in [3.63, 3.8) is 0 Å². The lowest BCUT2D eigenvalue weighted by Crippen LogP contribution is -2.32. The third-order valence-corrected chi connectivity index (χ3v) is 3.86. The van der Waals surface area contributed by atoms with Crippen molar-refractivity contribution < 1.29 is 9.53 Å². The van der Waals surface area contributed by atoms with Gasteiger partial charge in [-0.1, -0.05) is 35.9 Å². The average Bonchev–Trinajstić information content (AvgIpc) is 2.86. The molecule has 2 aromatic rings. The summed E-state index contributed by atoms with van der Waals surface area (Å²) in [4.78, 5) is 12.4. The Balaban J connectivity index is 1.77. The fraction of sp³-hybridized carbons (Fsp3) is 0.278. The minimum Gasteiger partial charge on any atom is -0.480 e. The van der Waals surface area contributed by atoms with Crippen molar-refractivity contribution in [1.82, 2.24) is 0 Å². The fourth-order valence-electron chi connectivity index (χ4n) is 2.91. The predicted octanol–water partition coefficient (Wildman–Crippen LogP) is 3.55. The van der Waals surface area contributed by atoms with Crippen molar-refractivity contribution in [2.45, 2.75) is 33.3 Å². The van der Waals surface area contributed by atoms with Crippen LogP contribution in [0, 0.1) is 20.8 Å². The fourth-order valence-corrected chi connectivity index (χ4v) is 2.91. The molecule has 1 N–H and O–H groups in total. The van der Waals surface area contributed by atoms with Gasteiger partial charge in [-0.3, -0.25) is 4.79 Å². The van der Waals surface area contributed by atoms with Crippen molar-refractivity contribution in [2.75, 3.05) is 5.32 Å². The summed E-state index contributed by atoms with van der Waals surface area (Å²) in [6.45, 7) is 6.09. The largest absolute Gasteiger partial charge is 0.480 e. The van der Waals surface area contributed by atoms with Crippen LogP contribution in [0.1, 0.15) is 22.3 Å². The molecule has 2 aromatic carbocycles. The van der Waals surface area contributed by atoms with Crippen LogP contribution < -0.4 is 10.1 Å². The van der Waals surface area contributed by atoms with Crippen LogP contribution in [0.5, 0.6) is 5.75 Å². The summed E-state index contributed by atoms with van der Waals surface area (Å²) in [5.41, 5.74) is 5.35. The molecule has 0 unspecified atom stereocenters. The maximum Gasteiger partial charge on any atom is 0.265 e. The lowest BCUT2D eigenvalue weighted by Gasteiger charge is -2.15. The molecule has 1 aliphatic heterocycles. The van der Waals surface area contributed by atoms with E-state index in [-0.39, 0.29) is 5.91 Å². The molecule has 1 heterocycles.